The van der Waals surface area contributed by atoms with Gasteiger partial charge in [-0.3, -0.25) is 0 Å². The molecule has 0 fully saturated rings. The van der Waals surface area contributed by atoms with Gasteiger partial charge in [-0.2, -0.15) is 18.4 Å². The highest BCUT2D eigenvalue weighted by molar-refractivity contribution is 6.32. The first-order valence-electron chi connectivity index (χ1n) is 7.00. The van der Waals surface area contributed by atoms with Crippen molar-refractivity contribution in [2.45, 2.75) is 13.1 Å². The summed E-state index contributed by atoms with van der Waals surface area (Å²) in [4.78, 5) is 15.1. The van der Waals surface area contributed by atoms with Crippen molar-refractivity contribution in [3.8, 4) is 17.6 Å². The number of hydrogen-bond acceptors (Lipinski definition) is 5. The Labute approximate surface area is 151 Å². The molecule has 26 heavy (non-hydrogen) atoms. The van der Waals surface area contributed by atoms with Gasteiger partial charge in [-0.15, -0.1) is 0 Å². The number of benzene rings is 2. The normalized spacial score (nSPS) is 11.2. The summed E-state index contributed by atoms with van der Waals surface area (Å²) in [6.45, 7) is 1.16. The minimum atomic E-state index is -4.52. The second-order valence-corrected chi connectivity index (χ2v) is 5.33. The summed E-state index contributed by atoms with van der Waals surface area (Å²) in [6.07, 6.45) is -3.38. The quantitative estimate of drug-likeness (QED) is 0.427. The average molecular weight is 383 g/mol. The summed E-state index contributed by atoms with van der Waals surface area (Å²) in [5, 5.41) is 12.3. The van der Waals surface area contributed by atoms with E-state index in [0.717, 1.165) is 31.3 Å². The van der Waals surface area contributed by atoms with E-state index >= 15 is 0 Å². The van der Waals surface area contributed by atoms with Gasteiger partial charge in [-0.1, -0.05) is 16.8 Å². The van der Waals surface area contributed by atoms with Gasteiger partial charge in [-0.05, 0) is 36.4 Å². The molecule has 0 amide bonds. The Kier molecular flexibility index (Phi) is 5.85. The van der Waals surface area contributed by atoms with Crippen LogP contribution in [0.5, 0.6) is 11.5 Å². The third-order valence-corrected chi connectivity index (χ3v) is 3.30. The van der Waals surface area contributed by atoms with E-state index in [1.807, 2.05) is 6.07 Å². The highest BCUT2D eigenvalue weighted by Crippen LogP contribution is 2.36. The molecule has 2 rings (SSSR count). The number of ether oxygens (including phenoxy) is 1. The third-order valence-electron chi connectivity index (χ3n) is 3.00. The lowest BCUT2D eigenvalue weighted by Gasteiger charge is -2.11. The minimum Gasteiger partial charge on any atom is -0.456 e. The van der Waals surface area contributed by atoms with E-state index in [0.29, 0.717) is 0 Å². The van der Waals surface area contributed by atoms with Gasteiger partial charge in [0, 0.05) is 12.5 Å². The van der Waals surface area contributed by atoms with Crippen LogP contribution in [0.2, 0.25) is 5.02 Å². The van der Waals surface area contributed by atoms with E-state index < -0.39 is 17.7 Å². The lowest BCUT2D eigenvalue weighted by Crippen LogP contribution is -2.04. The third kappa shape index (κ3) is 4.97. The fourth-order valence-corrected chi connectivity index (χ4v) is 2.08. The Morgan fingerprint density at radius 3 is 2.58 bits per heavy atom. The molecule has 0 saturated heterocycles. The van der Waals surface area contributed by atoms with Gasteiger partial charge in [-0.25, -0.2) is 4.79 Å². The Hall–Kier alpha value is -3.05. The molecule has 0 spiro atoms. The molecule has 0 aromatic heterocycles. The summed E-state index contributed by atoms with van der Waals surface area (Å²) in [6, 6.07) is 8.87. The van der Waals surface area contributed by atoms with Gasteiger partial charge < -0.3 is 9.57 Å². The fraction of sp³-hybridized carbons (Fsp3) is 0.118. The van der Waals surface area contributed by atoms with E-state index in [9.17, 15) is 18.0 Å². The van der Waals surface area contributed by atoms with Gasteiger partial charge in [0.25, 0.3) is 0 Å². The molecule has 0 atom stereocenters. The predicted molar refractivity (Wildman–Crippen MR) is 87.0 cm³/mol. The first-order chi connectivity index (χ1) is 12.2. The zero-order valence-electron chi connectivity index (χ0n) is 13.2. The van der Waals surface area contributed by atoms with Crippen molar-refractivity contribution < 1.29 is 27.5 Å². The lowest BCUT2D eigenvalue weighted by atomic mass is 10.1. The van der Waals surface area contributed by atoms with E-state index in [1.165, 1.54) is 18.2 Å². The van der Waals surface area contributed by atoms with E-state index in [4.69, 9.17) is 21.6 Å². The van der Waals surface area contributed by atoms with Crippen LogP contribution in [0.3, 0.4) is 0 Å². The molecular formula is C17H10ClF3N2O3. The van der Waals surface area contributed by atoms with Crippen molar-refractivity contribution in [3.63, 3.8) is 0 Å². The molecule has 0 bridgehead atoms. The maximum Gasteiger partial charge on any atom is 0.416 e. The molecule has 134 valence electrons. The van der Waals surface area contributed by atoms with E-state index in [-0.39, 0.29) is 27.6 Å². The first kappa shape index (κ1) is 19.3. The zero-order valence-corrected chi connectivity index (χ0v) is 13.9. The number of nitrogens with zero attached hydrogens (tertiary/aromatic N) is 2. The molecule has 0 aliphatic heterocycles. The molecule has 0 aliphatic carbocycles. The summed E-state index contributed by atoms with van der Waals surface area (Å²) in [5.74, 6) is -0.425. The predicted octanol–water partition coefficient (Wildman–Crippen LogP) is 4.92. The van der Waals surface area contributed by atoms with Crippen molar-refractivity contribution in [1.82, 2.24) is 0 Å². The number of nitriles is 1. The van der Waals surface area contributed by atoms with Crippen molar-refractivity contribution in [3.05, 3.63) is 58.1 Å². The van der Waals surface area contributed by atoms with Crippen molar-refractivity contribution in [2.75, 3.05) is 0 Å². The SMILES string of the molecule is CC(=O)ON=Cc1cc(Oc2ccc(C(F)(F)F)cc2Cl)ccc1C#N. The summed E-state index contributed by atoms with van der Waals surface area (Å²) in [7, 11) is 0. The fourth-order valence-electron chi connectivity index (χ4n) is 1.86. The Morgan fingerprint density at radius 2 is 2.00 bits per heavy atom. The second kappa shape index (κ2) is 7.89. The molecular weight excluding hydrogens is 373 g/mol. The van der Waals surface area contributed by atoms with Crippen molar-refractivity contribution in [1.29, 1.82) is 5.26 Å². The van der Waals surface area contributed by atoms with Crippen LogP contribution >= 0.6 is 11.6 Å². The number of carbonyl (C=O) groups is 1. The van der Waals surface area contributed by atoms with Crippen LogP contribution in [0.4, 0.5) is 13.2 Å². The molecule has 5 nitrogen and oxygen atoms in total. The second-order valence-electron chi connectivity index (χ2n) is 4.92. The maximum absolute atomic E-state index is 12.7. The van der Waals surface area contributed by atoms with Crippen LogP contribution in [0.15, 0.2) is 41.6 Å². The zero-order chi connectivity index (χ0) is 19.3. The highest BCUT2D eigenvalue weighted by Gasteiger charge is 2.31. The van der Waals surface area contributed by atoms with Crippen LogP contribution in [-0.4, -0.2) is 12.2 Å². The molecule has 0 aliphatic rings. The number of carbonyl (C=O) groups excluding carboxylic acids is 1. The van der Waals surface area contributed by atoms with Crippen LogP contribution in [-0.2, 0) is 15.8 Å². The first-order valence-corrected chi connectivity index (χ1v) is 7.38. The molecule has 2 aromatic carbocycles. The van der Waals surface area contributed by atoms with Gasteiger partial charge in [0.2, 0.25) is 0 Å². The van der Waals surface area contributed by atoms with Crippen LogP contribution in [0.25, 0.3) is 0 Å². The summed E-state index contributed by atoms with van der Waals surface area (Å²) < 4.78 is 43.4. The monoisotopic (exact) mass is 382 g/mol. The molecule has 0 N–H and O–H groups in total. The minimum absolute atomic E-state index is 0.00671. The highest BCUT2D eigenvalue weighted by atomic mass is 35.5. The van der Waals surface area contributed by atoms with Crippen molar-refractivity contribution in [2.24, 2.45) is 5.16 Å². The lowest BCUT2D eigenvalue weighted by molar-refractivity contribution is -0.141. The number of oxime groups is 1. The van der Waals surface area contributed by atoms with Gasteiger partial charge >= 0.3 is 12.1 Å². The average Bonchev–Trinajstić information content (AvgIpc) is 2.55. The Balaban J connectivity index is 2.29. The van der Waals surface area contributed by atoms with Gasteiger partial charge in [0.05, 0.1) is 28.4 Å². The number of rotatable bonds is 4. The molecule has 0 heterocycles. The number of hydrogen-bond donors (Lipinski definition) is 0. The molecule has 0 saturated carbocycles. The molecule has 0 unspecified atom stereocenters. The number of halogens is 4. The van der Waals surface area contributed by atoms with Gasteiger partial charge in [0.1, 0.15) is 11.5 Å². The smallest absolute Gasteiger partial charge is 0.416 e. The summed E-state index contributed by atoms with van der Waals surface area (Å²) >= 11 is 5.84. The standard InChI is InChI=1S/C17H10ClF3N2O3/c1-10(24)26-23-9-12-6-14(4-2-11(12)8-22)25-16-5-3-13(7-15(16)18)17(19,20)21/h2-7,9H,1H3. The Bertz CT molecular complexity index is 905. The molecule has 2 aromatic rings. The van der Waals surface area contributed by atoms with Crippen molar-refractivity contribution >= 4 is 23.8 Å². The largest absolute Gasteiger partial charge is 0.456 e. The van der Waals surface area contributed by atoms with Gasteiger partial charge in [0.15, 0.2) is 0 Å². The Morgan fingerprint density at radius 1 is 1.27 bits per heavy atom. The summed E-state index contributed by atoms with van der Waals surface area (Å²) in [5.41, 5.74) is -0.384. The topological polar surface area (TPSA) is 71.7 Å². The van der Waals surface area contributed by atoms with E-state index in [1.54, 1.807) is 0 Å². The molecule has 9 heteroatoms. The number of alkyl halides is 3. The van der Waals surface area contributed by atoms with Crippen LogP contribution < -0.4 is 4.74 Å². The van der Waals surface area contributed by atoms with Crippen LogP contribution in [0, 0.1) is 11.3 Å². The van der Waals surface area contributed by atoms with Crippen LogP contribution in [0.1, 0.15) is 23.6 Å². The van der Waals surface area contributed by atoms with E-state index in [2.05, 4.69) is 9.99 Å². The maximum atomic E-state index is 12.7. The molecule has 0 radical (unpaired) electrons.